The van der Waals surface area contributed by atoms with E-state index < -0.39 is 5.97 Å². The summed E-state index contributed by atoms with van der Waals surface area (Å²) in [5, 5.41) is 17.2. The Morgan fingerprint density at radius 1 is 0.975 bits per heavy atom. The van der Waals surface area contributed by atoms with Crippen molar-refractivity contribution in [3.63, 3.8) is 0 Å². The second kappa shape index (κ2) is 12.6. The fourth-order valence-corrected chi connectivity index (χ4v) is 4.51. The third-order valence-corrected chi connectivity index (χ3v) is 6.40. The number of nitrogens with one attached hydrogen (secondary N) is 2. The number of likely N-dealkylation sites (N-methyl/N-ethyl adjacent to an activating group) is 1. The van der Waals surface area contributed by atoms with E-state index in [1.54, 1.807) is 30.1 Å². The highest BCUT2D eigenvalue weighted by Crippen LogP contribution is 2.26. The van der Waals surface area contributed by atoms with Crippen molar-refractivity contribution in [3.8, 4) is 0 Å². The minimum absolute atomic E-state index is 0.0246. The lowest BCUT2D eigenvalue weighted by Gasteiger charge is -2.22. The second-order valence-electron chi connectivity index (χ2n) is 9.77. The third kappa shape index (κ3) is 7.33. The molecule has 0 spiro atoms. The minimum Gasteiger partial charge on any atom is -0.481 e. The Kier molecular flexibility index (Phi) is 8.96. The number of anilines is 2. The van der Waals surface area contributed by atoms with E-state index in [1.807, 2.05) is 62.4 Å². The van der Waals surface area contributed by atoms with Crippen LogP contribution in [0.2, 0.25) is 5.15 Å². The summed E-state index contributed by atoms with van der Waals surface area (Å²) in [6, 6.07) is 20.7. The molecule has 0 saturated carbocycles. The minimum atomic E-state index is -1.08. The van der Waals surface area contributed by atoms with Crippen LogP contribution in [0.15, 0.2) is 66.7 Å². The van der Waals surface area contributed by atoms with Gasteiger partial charge < -0.3 is 20.6 Å². The molecular weight excluding hydrogens is 530 g/mol. The van der Waals surface area contributed by atoms with Crippen molar-refractivity contribution in [3.05, 3.63) is 94.4 Å². The predicted molar refractivity (Wildman–Crippen MR) is 156 cm³/mol. The predicted octanol–water partition coefficient (Wildman–Crippen LogP) is 4.71. The highest BCUT2D eigenvalue weighted by Gasteiger charge is 2.21. The molecule has 0 bridgehead atoms. The molecule has 0 atom stereocenters. The molecule has 206 valence electrons. The molecule has 4 aromatic rings. The number of carbonyl (C=O) groups is 3. The number of hydrogen-bond donors (Lipinski definition) is 3. The molecule has 3 N–H and O–H groups in total. The van der Waals surface area contributed by atoms with Crippen LogP contribution in [0.3, 0.4) is 0 Å². The van der Waals surface area contributed by atoms with Crippen LogP contribution in [0, 0.1) is 0 Å². The van der Waals surface area contributed by atoms with Crippen molar-refractivity contribution in [2.45, 2.75) is 32.7 Å². The highest BCUT2D eigenvalue weighted by molar-refractivity contribution is 6.30. The molecule has 40 heavy (non-hydrogen) atoms. The van der Waals surface area contributed by atoms with Crippen molar-refractivity contribution >= 4 is 51.7 Å². The zero-order chi connectivity index (χ0) is 28.8. The number of benzene rings is 3. The monoisotopic (exact) mass is 559 g/mol. The number of carboxylic acids is 1. The van der Waals surface area contributed by atoms with Crippen molar-refractivity contribution in [1.82, 2.24) is 15.3 Å². The molecule has 1 heterocycles. The first-order valence-electron chi connectivity index (χ1n) is 12.8. The second-order valence-corrected chi connectivity index (χ2v) is 10.1. The summed E-state index contributed by atoms with van der Waals surface area (Å²) in [7, 11) is 1.65. The van der Waals surface area contributed by atoms with Crippen LogP contribution < -0.4 is 15.5 Å². The number of nitrogens with zero attached hydrogens (tertiary/aromatic N) is 3. The topological polar surface area (TPSA) is 125 Å². The van der Waals surface area contributed by atoms with Crippen LogP contribution in [-0.4, -0.2) is 52.5 Å². The Morgan fingerprint density at radius 2 is 1.68 bits per heavy atom. The number of halogens is 1. The summed E-state index contributed by atoms with van der Waals surface area (Å²) in [6.45, 7) is 3.68. The van der Waals surface area contributed by atoms with Gasteiger partial charge in [0.2, 0.25) is 5.91 Å². The van der Waals surface area contributed by atoms with Crippen molar-refractivity contribution < 1.29 is 19.5 Å². The normalized spacial score (nSPS) is 10.9. The smallest absolute Gasteiger partial charge is 0.308 e. The van der Waals surface area contributed by atoms with Gasteiger partial charge in [0.1, 0.15) is 16.8 Å². The molecule has 0 radical (unpaired) electrons. The number of carboxylic acid groups (broad SMARTS) is 1. The number of aliphatic carboxylic acids is 1. The molecule has 0 aliphatic carbocycles. The first-order chi connectivity index (χ1) is 19.1. The first-order valence-corrected chi connectivity index (χ1v) is 13.1. The molecule has 0 unspecified atom stereocenters. The van der Waals surface area contributed by atoms with Gasteiger partial charge in [-0.2, -0.15) is 0 Å². The van der Waals surface area contributed by atoms with Gasteiger partial charge in [0.05, 0.1) is 13.0 Å². The zero-order valence-electron chi connectivity index (χ0n) is 22.4. The Hall–Kier alpha value is -4.50. The number of aromatic nitrogens is 2. The third-order valence-electron chi connectivity index (χ3n) is 6.09. The number of amides is 2. The quantitative estimate of drug-likeness (QED) is 0.240. The van der Waals surface area contributed by atoms with E-state index in [0.717, 1.165) is 16.3 Å². The van der Waals surface area contributed by atoms with Crippen molar-refractivity contribution in [2.24, 2.45) is 0 Å². The number of fused-ring (bicyclic) bond motifs is 1. The summed E-state index contributed by atoms with van der Waals surface area (Å²) in [4.78, 5) is 47.0. The number of carbonyl (C=O) groups excluding carboxylic acids is 2. The summed E-state index contributed by atoms with van der Waals surface area (Å²) < 4.78 is 0. The maximum atomic E-state index is 12.8. The van der Waals surface area contributed by atoms with E-state index in [4.69, 9.17) is 11.6 Å². The average Bonchev–Trinajstić information content (AvgIpc) is 2.90. The molecular formula is C30H30ClN5O4. The summed E-state index contributed by atoms with van der Waals surface area (Å²) in [5.74, 6) is -0.858. The first kappa shape index (κ1) is 28.5. The molecule has 0 aliphatic heterocycles. The fourth-order valence-electron chi connectivity index (χ4n) is 4.27. The van der Waals surface area contributed by atoms with E-state index in [-0.39, 0.29) is 47.4 Å². The van der Waals surface area contributed by atoms with E-state index >= 15 is 0 Å². The SMILES string of the molecule is CC(C)NC(=O)CN(C)c1nc(Cc2ccc(NC(=O)c3ccc4ccccc4c3)cc2)nc(Cl)c1CC(=O)O. The molecule has 0 saturated heterocycles. The van der Waals surface area contributed by atoms with Crippen LogP contribution in [0.5, 0.6) is 0 Å². The number of hydrogen-bond acceptors (Lipinski definition) is 6. The highest BCUT2D eigenvalue weighted by atomic mass is 35.5. The lowest BCUT2D eigenvalue weighted by molar-refractivity contribution is -0.136. The molecule has 3 aromatic carbocycles. The van der Waals surface area contributed by atoms with Crippen molar-refractivity contribution in [2.75, 3.05) is 23.8 Å². The fraction of sp³-hybridized carbons (Fsp3) is 0.233. The van der Waals surface area contributed by atoms with E-state index in [0.29, 0.717) is 23.5 Å². The summed E-state index contributed by atoms with van der Waals surface area (Å²) in [6.07, 6.45) is -0.0683. The summed E-state index contributed by atoms with van der Waals surface area (Å²) in [5.41, 5.74) is 2.29. The molecule has 0 aliphatic rings. The van der Waals surface area contributed by atoms with Gasteiger partial charge in [0.15, 0.2) is 0 Å². The van der Waals surface area contributed by atoms with E-state index in [2.05, 4.69) is 20.6 Å². The van der Waals surface area contributed by atoms with Gasteiger partial charge in [0, 0.05) is 36.3 Å². The molecule has 0 fully saturated rings. The van der Waals surface area contributed by atoms with Gasteiger partial charge in [-0.25, -0.2) is 9.97 Å². The lowest BCUT2D eigenvalue weighted by atomic mass is 10.1. The van der Waals surface area contributed by atoms with E-state index in [9.17, 15) is 19.5 Å². The van der Waals surface area contributed by atoms with Gasteiger partial charge in [-0.3, -0.25) is 14.4 Å². The van der Waals surface area contributed by atoms with Gasteiger partial charge in [-0.15, -0.1) is 0 Å². The van der Waals surface area contributed by atoms with Gasteiger partial charge in [-0.05, 0) is 54.4 Å². The molecule has 2 amide bonds. The Balaban J connectivity index is 1.49. The standard InChI is InChI=1S/C30H30ClN5O4/c1-18(2)32-26(37)17-36(3)29-24(16-27(38)39)28(31)34-25(35-29)14-19-8-12-23(13-9-19)33-30(40)22-11-10-20-6-4-5-7-21(20)15-22/h4-13,15,18H,14,16-17H2,1-3H3,(H,32,37)(H,33,40)(H,38,39). The molecule has 9 nitrogen and oxygen atoms in total. The number of rotatable bonds is 10. The zero-order valence-corrected chi connectivity index (χ0v) is 23.2. The van der Waals surface area contributed by atoms with Crippen molar-refractivity contribution in [1.29, 1.82) is 0 Å². The van der Waals surface area contributed by atoms with Gasteiger partial charge in [0.25, 0.3) is 5.91 Å². The maximum absolute atomic E-state index is 12.8. The summed E-state index contributed by atoms with van der Waals surface area (Å²) >= 11 is 6.40. The van der Waals surface area contributed by atoms with Crippen LogP contribution in [0.1, 0.15) is 41.2 Å². The maximum Gasteiger partial charge on any atom is 0.308 e. The molecule has 10 heteroatoms. The largest absolute Gasteiger partial charge is 0.481 e. The van der Waals surface area contributed by atoms with Crippen LogP contribution in [0.4, 0.5) is 11.5 Å². The van der Waals surface area contributed by atoms with Crippen LogP contribution >= 0.6 is 11.6 Å². The van der Waals surface area contributed by atoms with Gasteiger partial charge >= 0.3 is 5.97 Å². The van der Waals surface area contributed by atoms with Crippen LogP contribution in [0.25, 0.3) is 10.8 Å². The van der Waals surface area contributed by atoms with Crippen LogP contribution in [-0.2, 0) is 22.4 Å². The van der Waals surface area contributed by atoms with E-state index in [1.165, 1.54) is 0 Å². The average molecular weight is 560 g/mol. The molecule has 4 rings (SSSR count). The Bertz CT molecular complexity index is 1560. The molecule has 1 aromatic heterocycles. The van der Waals surface area contributed by atoms with Gasteiger partial charge in [-0.1, -0.05) is 54.1 Å². The lowest BCUT2D eigenvalue weighted by Crippen LogP contribution is -2.39. The Labute approximate surface area is 237 Å². The Morgan fingerprint density at radius 3 is 2.35 bits per heavy atom.